The van der Waals surface area contributed by atoms with Crippen molar-refractivity contribution in [3.05, 3.63) is 39.3 Å². The van der Waals surface area contributed by atoms with Crippen LogP contribution < -0.4 is 10.5 Å². The molecule has 1 atom stereocenters. The number of benzene rings is 1. The van der Waals surface area contributed by atoms with Crippen molar-refractivity contribution in [2.24, 2.45) is 5.14 Å². The van der Waals surface area contributed by atoms with E-state index < -0.39 is 10.0 Å². The van der Waals surface area contributed by atoms with Gasteiger partial charge in [0.15, 0.2) is 0 Å². The molecule has 1 aromatic carbocycles. The second-order valence-corrected chi connectivity index (χ2v) is 8.00. The molecule has 0 bridgehead atoms. The zero-order valence-corrected chi connectivity index (χ0v) is 14.1. The van der Waals surface area contributed by atoms with Gasteiger partial charge in [0.1, 0.15) is 0 Å². The predicted octanol–water partition coefficient (Wildman–Crippen LogP) is 2.89. The van der Waals surface area contributed by atoms with Crippen LogP contribution in [0.2, 0.25) is 0 Å². The first-order valence-corrected chi connectivity index (χ1v) is 8.88. The van der Waals surface area contributed by atoms with E-state index in [1.165, 1.54) is 0 Å². The van der Waals surface area contributed by atoms with E-state index in [1.807, 2.05) is 26.8 Å². The van der Waals surface area contributed by atoms with Crippen molar-refractivity contribution < 1.29 is 8.42 Å². The maximum Gasteiger partial charge on any atom is 0.238 e. The predicted molar refractivity (Wildman–Crippen MR) is 86.2 cm³/mol. The summed E-state index contributed by atoms with van der Waals surface area (Å²) in [6, 6.07) is 5.14. The van der Waals surface area contributed by atoms with Crippen molar-refractivity contribution >= 4 is 27.0 Å². The van der Waals surface area contributed by atoms with Crippen molar-refractivity contribution in [2.75, 3.05) is 5.32 Å². The molecule has 0 saturated heterocycles. The van der Waals surface area contributed by atoms with E-state index in [4.69, 9.17) is 5.14 Å². The summed E-state index contributed by atoms with van der Waals surface area (Å²) in [5.74, 6) is 0. The third-order valence-electron chi connectivity index (χ3n) is 3.23. The number of nitrogens with one attached hydrogen (secondary N) is 1. The normalized spacial score (nSPS) is 13.2. The van der Waals surface area contributed by atoms with Crippen LogP contribution in [-0.4, -0.2) is 13.4 Å². The molecule has 0 aliphatic carbocycles. The minimum atomic E-state index is -3.71. The number of anilines is 1. The molecule has 5 nitrogen and oxygen atoms in total. The number of aryl methyl sites for hydroxylation is 3. The smallest absolute Gasteiger partial charge is 0.238 e. The first-order chi connectivity index (χ1) is 9.68. The Morgan fingerprint density at radius 2 is 1.95 bits per heavy atom. The van der Waals surface area contributed by atoms with Crippen molar-refractivity contribution in [2.45, 2.75) is 38.6 Å². The van der Waals surface area contributed by atoms with Gasteiger partial charge in [-0.2, -0.15) is 0 Å². The molecule has 1 heterocycles. The lowest BCUT2D eigenvalue weighted by Crippen LogP contribution is -2.15. The molecule has 1 aromatic heterocycles. The highest BCUT2D eigenvalue weighted by Crippen LogP contribution is 2.27. The Morgan fingerprint density at radius 1 is 1.29 bits per heavy atom. The van der Waals surface area contributed by atoms with Crippen LogP contribution in [0.15, 0.2) is 23.1 Å². The molecule has 114 valence electrons. The zero-order chi connectivity index (χ0) is 15.8. The molecule has 1 unspecified atom stereocenters. The van der Waals surface area contributed by atoms with Crippen molar-refractivity contribution in [1.82, 2.24) is 4.98 Å². The number of aromatic nitrogens is 1. The van der Waals surface area contributed by atoms with Gasteiger partial charge in [0, 0.05) is 10.6 Å². The molecular formula is C14H19N3O2S2. The molecule has 7 heteroatoms. The van der Waals surface area contributed by atoms with Gasteiger partial charge in [-0.15, -0.1) is 11.3 Å². The summed E-state index contributed by atoms with van der Waals surface area (Å²) in [6.45, 7) is 7.72. The summed E-state index contributed by atoms with van der Waals surface area (Å²) in [5.41, 5.74) is 2.33. The van der Waals surface area contributed by atoms with Crippen LogP contribution in [0.1, 0.15) is 34.1 Å². The zero-order valence-electron chi connectivity index (χ0n) is 12.5. The van der Waals surface area contributed by atoms with Gasteiger partial charge in [-0.1, -0.05) is 6.07 Å². The number of thiazole rings is 1. The summed E-state index contributed by atoms with van der Waals surface area (Å²) < 4.78 is 23.1. The molecule has 21 heavy (non-hydrogen) atoms. The van der Waals surface area contributed by atoms with Crippen LogP contribution in [-0.2, 0) is 10.0 Å². The fourth-order valence-corrected chi connectivity index (χ4v) is 3.98. The highest BCUT2D eigenvalue weighted by atomic mass is 32.2. The van der Waals surface area contributed by atoms with Gasteiger partial charge in [-0.3, -0.25) is 0 Å². The first kappa shape index (κ1) is 15.9. The lowest BCUT2D eigenvalue weighted by molar-refractivity contribution is 0.597. The molecule has 2 aromatic rings. The monoisotopic (exact) mass is 325 g/mol. The second-order valence-electron chi connectivity index (χ2n) is 5.07. The third kappa shape index (κ3) is 3.61. The molecule has 0 aliphatic rings. The number of rotatable bonds is 4. The Balaban J connectivity index is 2.30. The number of nitrogens with zero attached hydrogens (tertiary/aromatic N) is 1. The Hall–Kier alpha value is -1.44. The van der Waals surface area contributed by atoms with E-state index in [9.17, 15) is 8.42 Å². The van der Waals surface area contributed by atoms with Crippen LogP contribution in [0.5, 0.6) is 0 Å². The van der Waals surface area contributed by atoms with E-state index in [2.05, 4.69) is 10.3 Å². The molecule has 0 radical (unpaired) electrons. The van der Waals surface area contributed by atoms with E-state index >= 15 is 0 Å². The molecule has 0 saturated carbocycles. The minimum Gasteiger partial charge on any atom is -0.377 e. The number of hydrogen-bond acceptors (Lipinski definition) is 5. The molecule has 2 rings (SSSR count). The van der Waals surface area contributed by atoms with Gasteiger partial charge in [0.2, 0.25) is 10.0 Å². The average Bonchev–Trinajstić information content (AvgIpc) is 2.69. The van der Waals surface area contributed by atoms with Gasteiger partial charge in [-0.25, -0.2) is 18.5 Å². The number of sulfonamides is 1. The topological polar surface area (TPSA) is 85.1 Å². The fraction of sp³-hybridized carbons (Fsp3) is 0.357. The van der Waals surface area contributed by atoms with Crippen molar-refractivity contribution in [1.29, 1.82) is 0 Å². The van der Waals surface area contributed by atoms with Crippen LogP contribution in [0.25, 0.3) is 0 Å². The summed E-state index contributed by atoms with van der Waals surface area (Å²) in [7, 11) is -3.71. The van der Waals surface area contributed by atoms with Crippen molar-refractivity contribution in [3.8, 4) is 0 Å². The van der Waals surface area contributed by atoms with Gasteiger partial charge in [0.05, 0.1) is 21.6 Å². The third-order valence-corrected chi connectivity index (χ3v) is 5.18. The molecule has 0 amide bonds. The van der Waals surface area contributed by atoms with Gasteiger partial charge in [0.25, 0.3) is 0 Å². The van der Waals surface area contributed by atoms with E-state index in [1.54, 1.807) is 30.4 Å². The molecule has 0 spiro atoms. The largest absolute Gasteiger partial charge is 0.377 e. The average molecular weight is 325 g/mol. The number of primary sulfonamides is 1. The van der Waals surface area contributed by atoms with Gasteiger partial charge < -0.3 is 5.32 Å². The summed E-state index contributed by atoms with van der Waals surface area (Å²) in [4.78, 5) is 5.81. The standard InChI is InChI=1S/C14H19N3O2S2/c1-8-5-6-12(7-13(8)21(15,18)19)16-9(2)14-10(3)20-11(4)17-14/h5-7,9,16H,1-4H3,(H2,15,18,19). The van der Waals surface area contributed by atoms with Gasteiger partial charge >= 0.3 is 0 Å². The highest BCUT2D eigenvalue weighted by molar-refractivity contribution is 7.89. The van der Waals surface area contributed by atoms with E-state index in [-0.39, 0.29) is 10.9 Å². The maximum atomic E-state index is 11.6. The Morgan fingerprint density at radius 3 is 2.48 bits per heavy atom. The lowest BCUT2D eigenvalue weighted by Gasteiger charge is -2.15. The van der Waals surface area contributed by atoms with Crippen LogP contribution in [0.3, 0.4) is 0 Å². The van der Waals surface area contributed by atoms with Crippen LogP contribution >= 0.6 is 11.3 Å². The minimum absolute atomic E-state index is 0.00835. The Labute approximate surface area is 129 Å². The Bertz CT molecular complexity index is 767. The molecule has 3 N–H and O–H groups in total. The summed E-state index contributed by atoms with van der Waals surface area (Å²) >= 11 is 1.65. The SMILES string of the molecule is Cc1nc(C(C)Nc2ccc(C)c(S(N)(=O)=O)c2)c(C)s1. The van der Waals surface area contributed by atoms with E-state index in [0.717, 1.165) is 15.6 Å². The maximum absolute atomic E-state index is 11.6. The molecule has 0 fully saturated rings. The summed E-state index contributed by atoms with van der Waals surface area (Å²) in [6.07, 6.45) is 0. The first-order valence-electron chi connectivity index (χ1n) is 6.52. The van der Waals surface area contributed by atoms with Crippen molar-refractivity contribution in [3.63, 3.8) is 0 Å². The quantitative estimate of drug-likeness (QED) is 0.905. The number of hydrogen-bond donors (Lipinski definition) is 2. The highest BCUT2D eigenvalue weighted by Gasteiger charge is 2.16. The lowest BCUT2D eigenvalue weighted by atomic mass is 10.2. The van der Waals surface area contributed by atoms with E-state index in [0.29, 0.717) is 11.3 Å². The summed E-state index contributed by atoms with van der Waals surface area (Å²) in [5, 5.41) is 9.52. The molecule has 0 aliphatic heterocycles. The van der Waals surface area contributed by atoms with Crippen LogP contribution in [0.4, 0.5) is 5.69 Å². The van der Waals surface area contributed by atoms with Gasteiger partial charge in [-0.05, 0) is 45.4 Å². The second kappa shape index (κ2) is 5.75. The Kier molecular flexibility index (Phi) is 4.36. The van der Waals surface area contributed by atoms with Crippen LogP contribution in [0, 0.1) is 20.8 Å². The molecular weight excluding hydrogens is 306 g/mol. The fourth-order valence-electron chi connectivity index (χ4n) is 2.26. The number of nitrogens with two attached hydrogens (primary N) is 1.